The van der Waals surface area contributed by atoms with Crippen LogP contribution in [0.4, 0.5) is 0 Å². The zero-order valence-corrected chi connectivity index (χ0v) is 11.0. The first-order valence-electron chi connectivity index (χ1n) is 6.49. The Balaban J connectivity index is 2.01. The van der Waals surface area contributed by atoms with E-state index < -0.39 is 68.5 Å². The highest BCUT2D eigenvalue weighted by atomic mass is 16.8. The van der Waals surface area contributed by atoms with Gasteiger partial charge in [0, 0.05) is 0 Å². The lowest BCUT2D eigenvalue weighted by atomic mass is 9.99. The summed E-state index contributed by atoms with van der Waals surface area (Å²) in [5.74, 6) is 0. The lowest BCUT2D eigenvalue weighted by Gasteiger charge is -2.40. The van der Waals surface area contributed by atoms with E-state index in [1.807, 2.05) is 0 Å². The fourth-order valence-corrected chi connectivity index (χ4v) is 2.29. The van der Waals surface area contributed by atoms with Gasteiger partial charge in [0.05, 0.1) is 13.2 Å². The van der Waals surface area contributed by atoms with Crippen molar-refractivity contribution in [3.63, 3.8) is 0 Å². The first-order valence-corrected chi connectivity index (χ1v) is 6.49. The van der Waals surface area contributed by atoms with Crippen LogP contribution in [0.2, 0.25) is 0 Å². The molecule has 10 nitrogen and oxygen atoms in total. The van der Waals surface area contributed by atoms with E-state index in [2.05, 4.69) is 0 Å². The Hall–Kier alpha value is -0.400. The highest BCUT2D eigenvalue weighted by Gasteiger charge is 2.49. The zero-order chi connectivity index (χ0) is 15.7. The molecule has 0 spiro atoms. The molecule has 2 heterocycles. The molecule has 124 valence electrons. The minimum absolute atomic E-state index is 0.549. The third-order valence-electron chi connectivity index (χ3n) is 3.62. The van der Waals surface area contributed by atoms with Gasteiger partial charge in [0.15, 0.2) is 12.6 Å². The second kappa shape index (κ2) is 6.79. The summed E-state index contributed by atoms with van der Waals surface area (Å²) in [6.45, 7) is -1.17. The molecule has 2 aliphatic rings. The van der Waals surface area contributed by atoms with Gasteiger partial charge in [-0.3, -0.25) is 0 Å². The second-order valence-electron chi connectivity index (χ2n) is 5.04. The average molecular weight is 312 g/mol. The molecule has 0 aromatic rings. The predicted octanol–water partition coefficient (Wildman–Crippen LogP) is -4.76. The van der Waals surface area contributed by atoms with E-state index in [1.54, 1.807) is 0 Å². The summed E-state index contributed by atoms with van der Waals surface area (Å²) in [6.07, 6.45) is -12.8. The van der Waals surface area contributed by atoms with Crippen molar-refractivity contribution in [2.24, 2.45) is 0 Å². The first kappa shape index (κ1) is 17.0. The van der Waals surface area contributed by atoms with Crippen LogP contribution in [0.25, 0.3) is 0 Å². The van der Waals surface area contributed by atoms with Gasteiger partial charge in [-0.25, -0.2) is 0 Å². The van der Waals surface area contributed by atoms with Gasteiger partial charge >= 0.3 is 0 Å². The molecule has 0 amide bonds. The van der Waals surface area contributed by atoms with Gasteiger partial charge in [-0.05, 0) is 0 Å². The first-order chi connectivity index (χ1) is 9.90. The van der Waals surface area contributed by atoms with Gasteiger partial charge in [0.25, 0.3) is 0 Å². The Bertz CT molecular complexity index is 339. The highest BCUT2D eigenvalue weighted by Crippen LogP contribution is 2.28. The molecule has 7 N–H and O–H groups in total. The number of hydrogen-bond acceptors (Lipinski definition) is 10. The van der Waals surface area contributed by atoms with Gasteiger partial charge in [0.2, 0.25) is 0 Å². The van der Waals surface area contributed by atoms with Crippen molar-refractivity contribution in [1.82, 2.24) is 0 Å². The van der Waals surface area contributed by atoms with Crippen LogP contribution in [-0.4, -0.2) is 104 Å². The van der Waals surface area contributed by atoms with Crippen molar-refractivity contribution in [2.75, 3.05) is 13.2 Å². The maximum atomic E-state index is 9.77. The molecule has 0 aromatic heterocycles. The molecular formula is C11H20O10. The van der Waals surface area contributed by atoms with Gasteiger partial charge in [-0.1, -0.05) is 0 Å². The van der Waals surface area contributed by atoms with E-state index in [-0.39, 0.29) is 0 Å². The summed E-state index contributed by atoms with van der Waals surface area (Å²) in [5, 5.41) is 66.2. The lowest BCUT2D eigenvalue weighted by Crippen LogP contribution is -2.60. The van der Waals surface area contributed by atoms with Crippen molar-refractivity contribution in [3.8, 4) is 0 Å². The maximum absolute atomic E-state index is 9.77. The molecule has 2 fully saturated rings. The van der Waals surface area contributed by atoms with Crippen molar-refractivity contribution in [3.05, 3.63) is 0 Å². The van der Waals surface area contributed by atoms with Crippen molar-refractivity contribution in [2.45, 2.75) is 55.3 Å². The van der Waals surface area contributed by atoms with Gasteiger partial charge in [-0.15, -0.1) is 0 Å². The third-order valence-corrected chi connectivity index (χ3v) is 3.62. The minimum Gasteiger partial charge on any atom is -0.394 e. The van der Waals surface area contributed by atoms with Crippen LogP contribution < -0.4 is 0 Å². The molecule has 10 heteroatoms. The maximum Gasteiger partial charge on any atom is 0.189 e. The number of aliphatic hydroxyl groups excluding tert-OH is 7. The summed E-state index contributed by atoms with van der Waals surface area (Å²) in [6, 6.07) is 0. The molecule has 2 aliphatic heterocycles. The topological polar surface area (TPSA) is 169 Å². The normalized spacial score (nSPS) is 51.3. The Labute approximate surface area is 119 Å². The fourth-order valence-electron chi connectivity index (χ4n) is 2.29. The van der Waals surface area contributed by atoms with Crippen molar-refractivity contribution >= 4 is 0 Å². The van der Waals surface area contributed by atoms with Gasteiger partial charge in [-0.2, -0.15) is 0 Å². The Morgan fingerprint density at radius 2 is 1.00 bits per heavy atom. The van der Waals surface area contributed by atoms with Crippen LogP contribution in [0.3, 0.4) is 0 Å². The molecule has 2 saturated heterocycles. The summed E-state index contributed by atoms with van der Waals surface area (Å²) in [5.41, 5.74) is 0. The molecule has 0 aliphatic carbocycles. The molecular weight excluding hydrogens is 292 g/mol. The summed E-state index contributed by atoms with van der Waals surface area (Å²) in [7, 11) is 0. The standard InChI is InChI=1S/C11H20O10/c12-1-3-5(14)7(16)9(18)11(19-3)21-10-8(17)6(15)4(2-13)20-10/h3-18H,1-2H2/t3?,4-,5-,6?,7-,8-,9?,10+,11-/m1/s1. The summed E-state index contributed by atoms with van der Waals surface area (Å²) in [4.78, 5) is 0. The molecule has 2 rings (SSSR count). The molecule has 0 saturated carbocycles. The van der Waals surface area contributed by atoms with Crippen LogP contribution in [0.5, 0.6) is 0 Å². The average Bonchev–Trinajstić information content (AvgIpc) is 2.75. The molecule has 0 aromatic carbocycles. The van der Waals surface area contributed by atoms with Crippen LogP contribution in [0.1, 0.15) is 0 Å². The van der Waals surface area contributed by atoms with E-state index in [9.17, 15) is 25.5 Å². The zero-order valence-electron chi connectivity index (χ0n) is 11.0. The number of aliphatic hydroxyl groups is 7. The summed E-state index contributed by atoms with van der Waals surface area (Å²) < 4.78 is 15.3. The number of hydrogen-bond donors (Lipinski definition) is 7. The highest BCUT2D eigenvalue weighted by molar-refractivity contribution is 4.91. The molecule has 9 atom stereocenters. The molecule has 0 radical (unpaired) electrons. The fraction of sp³-hybridized carbons (Fsp3) is 1.00. The Morgan fingerprint density at radius 3 is 1.43 bits per heavy atom. The monoisotopic (exact) mass is 312 g/mol. The van der Waals surface area contributed by atoms with E-state index in [0.717, 1.165) is 0 Å². The molecule has 3 unspecified atom stereocenters. The van der Waals surface area contributed by atoms with E-state index in [4.69, 9.17) is 24.4 Å². The molecule has 21 heavy (non-hydrogen) atoms. The van der Waals surface area contributed by atoms with E-state index in [1.165, 1.54) is 0 Å². The van der Waals surface area contributed by atoms with Crippen LogP contribution in [0, 0.1) is 0 Å². The van der Waals surface area contributed by atoms with Crippen LogP contribution in [0.15, 0.2) is 0 Å². The third kappa shape index (κ3) is 3.19. The second-order valence-corrected chi connectivity index (χ2v) is 5.04. The Kier molecular flexibility index (Phi) is 5.48. The largest absolute Gasteiger partial charge is 0.394 e. The molecule has 0 bridgehead atoms. The summed E-state index contributed by atoms with van der Waals surface area (Å²) >= 11 is 0. The van der Waals surface area contributed by atoms with Gasteiger partial charge in [0.1, 0.15) is 42.7 Å². The van der Waals surface area contributed by atoms with Crippen LogP contribution in [-0.2, 0) is 14.2 Å². The van der Waals surface area contributed by atoms with E-state index in [0.29, 0.717) is 0 Å². The smallest absolute Gasteiger partial charge is 0.189 e. The predicted molar refractivity (Wildman–Crippen MR) is 62.6 cm³/mol. The Morgan fingerprint density at radius 1 is 0.619 bits per heavy atom. The van der Waals surface area contributed by atoms with Crippen molar-refractivity contribution < 1.29 is 50.0 Å². The number of rotatable bonds is 4. The lowest BCUT2D eigenvalue weighted by molar-refractivity contribution is -0.341. The minimum atomic E-state index is -1.65. The SMILES string of the molecule is OCC1O[C@H](O[C@@H]2O[C@H](CO)C(O)[C@H]2O)C(O)[C@H](O)[C@@H]1O. The van der Waals surface area contributed by atoms with Gasteiger partial charge < -0.3 is 50.0 Å². The van der Waals surface area contributed by atoms with Crippen LogP contribution >= 0.6 is 0 Å². The quantitative estimate of drug-likeness (QED) is 0.267. The van der Waals surface area contributed by atoms with Crippen molar-refractivity contribution in [1.29, 1.82) is 0 Å². The van der Waals surface area contributed by atoms with E-state index >= 15 is 0 Å². The number of ether oxygens (including phenoxy) is 3.